The highest BCUT2D eigenvalue weighted by Crippen LogP contribution is 2.32. The van der Waals surface area contributed by atoms with Crippen molar-refractivity contribution in [3.05, 3.63) is 59.4 Å². The van der Waals surface area contributed by atoms with Gasteiger partial charge in [-0.25, -0.2) is 14.2 Å². The summed E-state index contributed by atoms with van der Waals surface area (Å²) in [6.07, 6.45) is -0.220. The minimum absolute atomic E-state index is 0.220. The van der Waals surface area contributed by atoms with E-state index in [1.165, 1.54) is 29.5 Å². The number of rotatable bonds is 3. The monoisotopic (exact) mass is 353 g/mol. The number of hydrogen-bond acceptors (Lipinski definition) is 6. The molecule has 1 aromatic heterocycles. The van der Waals surface area contributed by atoms with Crippen LogP contribution < -0.4 is 4.90 Å². The highest BCUT2D eigenvalue weighted by Gasteiger charge is 2.32. The minimum Gasteiger partial charge on any atom is -0.455 e. The first-order valence-electron chi connectivity index (χ1n) is 7.64. The molecule has 7 heteroatoms. The molecule has 1 saturated heterocycles. The Balaban J connectivity index is 1.39. The van der Waals surface area contributed by atoms with Gasteiger partial charge in [0.15, 0.2) is 5.13 Å². The summed E-state index contributed by atoms with van der Waals surface area (Å²) in [7, 11) is 0. The van der Waals surface area contributed by atoms with Crippen molar-refractivity contribution in [1.82, 2.24) is 4.98 Å². The fourth-order valence-corrected chi connectivity index (χ4v) is 3.63. The second-order valence-corrected chi connectivity index (χ2v) is 6.74. The number of aromatic nitrogens is 1. The van der Waals surface area contributed by atoms with Crippen molar-refractivity contribution in [2.45, 2.75) is 6.10 Å². The molecule has 3 aromatic rings. The first-order valence-corrected chi connectivity index (χ1v) is 8.46. The number of nitriles is 1. The van der Waals surface area contributed by atoms with Crippen LogP contribution in [-0.2, 0) is 4.74 Å². The van der Waals surface area contributed by atoms with E-state index in [9.17, 15) is 9.18 Å². The first kappa shape index (κ1) is 15.5. The number of benzene rings is 2. The standard InChI is InChI=1S/C18H12FN3O2S/c19-13-4-5-15-16(7-13)25-18(21-15)22-9-14(10-22)24-17(23)12-3-1-2-11(6-12)8-20/h1-7,14H,9-10H2. The van der Waals surface area contributed by atoms with Gasteiger partial charge in [0.05, 0.1) is 40.5 Å². The van der Waals surface area contributed by atoms with Crippen LogP contribution in [0.4, 0.5) is 9.52 Å². The number of fused-ring (bicyclic) bond motifs is 1. The van der Waals surface area contributed by atoms with E-state index in [1.807, 2.05) is 11.0 Å². The van der Waals surface area contributed by atoms with Gasteiger partial charge in [-0.05, 0) is 36.4 Å². The molecule has 2 aromatic carbocycles. The number of carbonyl (C=O) groups is 1. The molecule has 2 heterocycles. The smallest absolute Gasteiger partial charge is 0.338 e. The van der Waals surface area contributed by atoms with Crippen molar-refractivity contribution in [3.8, 4) is 6.07 Å². The molecule has 5 nitrogen and oxygen atoms in total. The predicted octanol–water partition coefficient (Wildman–Crippen LogP) is 3.35. The van der Waals surface area contributed by atoms with Crippen LogP contribution in [-0.4, -0.2) is 30.1 Å². The molecule has 0 aliphatic carbocycles. The van der Waals surface area contributed by atoms with E-state index in [2.05, 4.69) is 4.98 Å². The molecule has 1 fully saturated rings. The van der Waals surface area contributed by atoms with Gasteiger partial charge < -0.3 is 9.64 Å². The minimum atomic E-state index is -0.437. The molecule has 1 aliphatic rings. The molecule has 0 spiro atoms. The number of hydrogen-bond donors (Lipinski definition) is 0. The molecular weight excluding hydrogens is 341 g/mol. The van der Waals surface area contributed by atoms with E-state index in [0.29, 0.717) is 24.2 Å². The van der Waals surface area contributed by atoms with Crippen molar-refractivity contribution in [1.29, 1.82) is 5.26 Å². The average molecular weight is 353 g/mol. The van der Waals surface area contributed by atoms with Gasteiger partial charge in [-0.1, -0.05) is 17.4 Å². The Morgan fingerprint density at radius 2 is 2.16 bits per heavy atom. The predicted molar refractivity (Wildman–Crippen MR) is 92.2 cm³/mol. The fourth-order valence-electron chi connectivity index (χ4n) is 2.63. The molecule has 0 radical (unpaired) electrons. The van der Waals surface area contributed by atoms with Gasteiger partial charge in [0.2, 0.25) is 0 Å². The second kappa shape index (κ2) is 6.15. The topological polar surface area (TPSA) is 66.2 Å². The van der Waals surface area contributed by atoms with Crippen LogP contribution >= 0.6 is 11.3 Å². The van der Waals surface area contributed by atoms with Crippen molar-refractivity contribution in [2.24, 2.45) is 0 Å². The third-order valence-corrected chi connectivity index (χ3v) is 5.04. The number of ether oxygens (including phenoxy) is 1. The van der Waals surface area contributed by atoms with Crippen LogP contribution in [0.5, 0.6) is 0 Å². The number of anilines is 1. The Labute approximate surface area is 146 Å². The Morgan fingerprint density at radius 1 is 1.32 bits per heavy atom. The molecule has 4 rings (SSSR count). The summed E-state index contributed by atoms with van der Waals surface area (Å²) in [4.78, 5) is 18.6. The van der Waals surface area contributed by atoms with Crippen LogP contribution in [0.25, 0.3) is 10.2 Å². The van der Waals surface area contributed by atoms with Gasteiger partial charge in [-0.15, -0.1) is 0 Å². The van der Waals surface area contributed by atoms with Crippen molar-refractivity contribution in [3.63, 3.8) is 0 Å². The second-order valence-electron chi connectivity index (χ2n) is 5.73. The Bertz CT molecular complexity index is 1000. The van der Waals surface area contributed by atoms with Gasteiger partial charge in [0.25, 0.3) is 0 Å². The van der Waals surface area contributed by atoms with Gasteiger partial charge in [-0.3, -0.25) is 0 Å². The molecule has 0 saturated carbocycles. The van der Waals surface area contributed by atoms with Gasteiger partial charge in [0, 0.05) is 0 Å². The number of halogens is 1. The molecule has 0 N–H and O–H groups in total. The maximum Gasteiger partial charge on any atom is 0.338 e. The maximum absolute atomic E-state index is 13.3. The van der Waals surface area contributed by atoms with Crippen LogP contribution in [0, 0.1) is 17.1 Å². The highest BCUT2D eigenvalue weighted by atomic mass is 32.1. The van der Waals surface area contributed by atoms with Crippen molar-refractivity contribution >= 4 is 32.7 Å². The van der Waals surface area contributed by atoms with Gasteiger partial charge in [0.1, 0.15) is 11.9 Å². The quantitative estimate of drug-likeness (QED) is 0.676. The SMILES string of the molecule is N#Cc1cccc(C(=O)OC2CN(c3nc4ccc(F)cc4s3)C2)c1. The van der Waals surface area contributed by atoms with Crippen LogP contribution in [0.15, 0.2) is 42.5 Å². The van der Waals surface area contributed by atoms with E-state index in [-0.39, 0.29) is 11.9 Å². The molecule has 0 atom stereocenters. The van der Waals surface area contributed by atoms with E-state index >= 15 is 0 Å². The molecule has 0 unspecified atom stereocenters. The molecule has 0 amide bonds. The summed E-state index contributed by atoms with van der Waals surface area (Å²) in [5, 5.41) is 9.67. The molecule has 124 valence electrons. The number of carbonyl (C=O) groups excluding carboxylic acids is 1. The Morgan fingerprint density at radius 3 is 2.96 bits per heavy atom. The Kier molecular flexibility index (Phi) is 3.82. The number of nitrogens with zero attached hydrogens (tertiary/aromatic N) is 3. The lowest BCUT2D eigenvalue weighted by Gasteiger charge is -2.38. The number of thiazole rings is 1. The third-order valence-electron chi connectivity index (χ3n) is 3.96. The summed E-state index contributed by atoms with van der Waals surface area (Å²) >= 11 is 1.42. The Hall–Kier alpha value is -2.98. The zero-order valence-electron chi connectivity index (χ0n) is 13.0. The zero-order valence-corrected chi connectivity index (χ0v) is 13.8. The van der Waals surface area contributed by atoms with Crippen LogP contribution in [0.1, 0.15) is 15.9 Å². The molecule has 25 heavy (non-hydrogen) atoms. The summed E-state index contributed by atoms with van der Waals surface area (Å²) in [5.74, 6) is -0.717. The maximum atomic E-state index is 13.3. The van der Waals surface area contributed by atoms with Gasteiger partial charge in [-0.2, -0.15) is 5.26 Å². The van der Waals surface area contributed by atoms with E-state index < -0.39 is 5.97 Å². The lowest BCUT2D eigenvalue weighted by molar-refractivity contribution is 0.0234. The first-order chi connectivity index (χ1) is 12.1. The average Bonchev–Trinajstić information content (AvgIpc) is 2.99. The summed E-state index contributed by atoms with van der Waals surface area (Å²) in [5.41, 5.74) is 1.55. The summed E-state index contributed by atoms with van der Waals surface area (Å²) in [6.45, 7) is 1.10. The fraction of sp³-hybridized carbons (Fsp3) is 0.167. The lowest BCUT2D eigenvalue weighted by atomic mass is 10.1. The van der Waals surface area contributed by atoms with E-state index in [0.717, 1.165) is 15.3 Å². The van der Waals surface area contributed by atoms with Crippen molar-refractivity contribution in [2.75, 3.05) is 18.0 Å². The van der Waals surface area contributed by atoms with Crippen LogP contribution in [0.3, 0.4) is 0 Å². The van der Waals surface area contributed by atoms with E-state index in [4.69, 9.17) is 10.00 Å². The molecule has 1 aliphatic heterocycles. The van der Waals surface area contributed by atoms with Crippen molar-refractivity contribution < 1.29 is 13.9 Å². The molecular formula is C18H12FN3O2S. The normalized spacial score (nSPS) is 14.2. The highest BCUT2D eigenvalue weighted by molar-refractivity contribution is 7.22. The van der Waals surface area contributed by atoms with Gasteiger partial charge >= 0.3 is 5.97 Å². The third kappa shape index (κ3) is 3.04. The summed E-state index contributed by atoms with van der Waals surface area (Å²) < 4.78 is 19.5. The van der Waals surface area contributed by atoms with Crippen LogP contribution in [0.2, 0.25) is 0 Å². The molecule has 0 bridgehead atoms. The van der Waals surface area contributed by atoms with E-state index in [1.54, 1.807) is 24.3 Å². The zero-order chi connectivity index (χ0) is 17.4. The number of esters is 1. The lowest BCUT2D eigenvalue weighted by Crippen LogP contribution is -2.53. The largest absolute Gasteiger partial charge is 0.455 e. The summed E-state index contributed by atoms with van der Waals surface area (Å²) in [6, 6.07) is 12.9.